The molecule has 0 saturated heterocycles. The molecule has 9 atom stereocenters. The zero-order chi connectivity index (χ0) is 30.1. The Morgan fingerprint density at radius 1 is 1.00 bits per heavy atom. The molecule has 1 aromatic carbocycles. The molecule has 220 valence electrons. The van der Waals surface area contributed by atoms with Crippen LogP contribution in [-0.2, 0) is 33.4 Å². The number of carbonyl (C=O) groups is 4. The number of aliphatic hydroxyl groups is 1. The van der Waals surface area contributed by atoms with Gasteiger partial charge in [0.15, 0.2) is 0 Å². The summed E-state index contributed by atoms with van der Waals surface area (Å²) >= 11 is 0. The molecule has 0 aromatic heterocycles. The van der Waals surface area contributed by atoms with Gasteiger partial charge in [-0.15, -0.1) is 0 Å². The Kier molecular flexibility index (Phi) is 6.88. The Morgan fingerprint density at radius 2 is 1.61 bits per heavy atom. The van der Waals surface area contributed by atoms with Gasteiger partial charge in [-0.05, 0) is 41.4 Å². The summed E-state index contributed by atoms with van der Waals surface area (Å²) in [5.41, 5.74) is -2.82. The minimum Gasteiger partial charge on any atom is -0.458 e. The second-order valence-electron chi connectivity index (χ2n) is 13.1. The van der Waals surface area contributed by atoms with Crippen LogP contribution in [0.25, 0.3) is 6.08 Å². The molecule has 0 heterocycles. The van der Waals surface area contributed by atoms with Crippen LogP contribution in [0, 0.1) is 33.5 Å². The molecule has 2 spiro atoms. The van der Waals surface area contributed by atoms with E-state index < -0.39 is 75.8 Å². The first-order valence-corrected chi connectivity index (χ1v) is 14.4. The van der Waals surface area contributed by atoms with E-state index >= 15 is 0 Å². The maximum absolute atomic E-state index is 13.7. The molecule has 8 nitrogen and oxygen atoms in total. The predicted octanol–water partition coefficient (Wildman–Crippen LogP) is 4.44. The zero-order valence-electron chi connectivity index (χ0n) is 24.6. The summed E-state index contributed by atoms with van der Waals surface area (Å²) in [6.07, 6.45) is 0.123. The molecule has 4 fully saturated rings. The highest BCUT2D eigenvalue weighted by atomic mass is 16.6. The lowest BCUT2D eigenvalue weighted by Crippen LogP contribution is -2.63. The van der Waals surface area contributed by atoms with Gasteiger partial charge in [0, 0.05) is 48.5 Å². The van der Waals surface area contributed by atoms with Crippen molar-refractivity contribution in [3.8, 4) is 0 Å². The first-order valence-electron chi connectivity index (χ1n) is 14.4. The number of ketones is 1. The maximum Gasteiger partial charge on any atom is 0.331 e. The van der Waals surface area contributed by atoms with Crippen molar-refractivity contribution >= 4 is 29.8 Å². The van der Waals surface area contributed by atoms with Crippen molar-refractivity contribution in [2.45, 2.75) is 85.2 Å². The number of hydrogen-bond donors (Lipinski definition) is 1. The van der Waals surface area contributed by atoms with E-state index in [0.717, 1.165) is 5.56 Å². The van der Waals surface area contributed by atoms with Crippen LogP contribution < -0.4 is 0 Å². The molecule has 4 aliphatic carbocycles. The molecule has 8 heteroatoms. The van der Waals surface area contributed by atoms with Gasteiger partial charge in [0.2, 0.25) is 0 Å². The molecule has 4 saturated carbocycles. The smallest absolute Gasteiger partial charge is 0.331 e. The molecule has 4 aliphatic rings. The molecule has 9 unspecified atom stereocenters. The minimum atomic E-state index is -1.26. The molecule has 5 rings (SSSR count). The van der Waals surface area contributed by atoms with E-state index in [1.165, 1.54) is 19.9 Å². The molecule has 1 N–H and O–H groups in total. The lowest BCUT2D eigenvalue weighted by Gasteiger charge is -2.60. The lowest BCUT2D eigenvalue weighted by atomic mass is 9.42. The molecule has 0 radical (unpaired) electrons. The van der Waals surface area contributed by atoms with Crippen molar-refractivity contribution in [2.75, 3.05) is 0 Å². The summed E-state index contributed by atoms with van der Waals surface area (Å²) in [6, 6.07) is 9.37. The quantitative estimate of drug-likeness (QED) is 0.242. The molecular weight excluding hydrogens is 524 g/mol. The van der Waals surface area contributed by atoms with Crippen LogP contribution in [0.5, 0.6) is 0 Å². The Labute approximate surface area is 241 Å². The maximum atomic E-state index is 13.7. The summed E-state index contributed by atoms with van der Waals surface area (Å²) in [4.78, 5) is 51.9. The van der Waals surface area contributed by atoms with E-state index in [1.807, 2.05) is 58.0 Å². The minimum absolute atomic E-state index is 0.0501. The summed E-state index contributed by atoms with van der Waals surface area (Å²) in [6.45, 7) is 14.8. The third-order valence-corrected chi connectivity index (χ3v) is 11.2. The van der Waals surface area contributed by atoms with Gasteiger partial charge in [0.1, 0.15) is 24.1 Å². The van der Waals surface area contributed by atoms with Gasteiger partial charge < -0.3 is 19.3 Å². The fourth-order valence-corrected chi connectivity index (χ4v) is 9.88. The Hall–Kier alpha value is -3.26. The number of fused-ring (bicyclic) bond motifs is 1. The highest BCUT2D eigenvalue weighted by Gasteiger charge is 2.91. The van der Waals surface area contributed by atoms with Crippen LogP contribution in [-0.4, -0.2) is 53.2 Å². The van der Waals surface area contributed by atoms with Crippen molar-refractivity contribution < 1.29 is 38.5 Å². The number of Topliss-reactive ketones (excluding diaryl/α,β-unsaturated/α-hetero) is 1. The van der Waals surface area contributed by atoms with Crippen LogP contribution in [0.1, 0.15) is 66.4 Å². The van der Waals surface area contributed by atoms with Crippen molar-refractivity contribution in [3.63, 3.8) is 0 Å². The van der Waals surface area contributed by atoms with Gasteiger partial charge in [-0.1, -0.05) is 64.6 Å². The molecule has 0 aliphatic heterocycles. The van der Waals surface area contributed by atoms with Crippen LogP contribution in [0.2, 0.25) is 0 Å². The summed E-state index contributed by atoms with van der Waals surface area (Å²) < 4.78 is 18.1. The van der Waals surface area contributed by atoms with Crippen molar-refractivity contribution in [2.24, 2.45) is 33.5 Å². The first-order chi connectivity index (χ1) is 19.2. The monoisotopic (exact) mass is 564 g/mol. The molecule has 2 bridgehead atoms. The van der Waals surface area contributed by atoms with E-state index in [4.69, 9.17) is 14.2 Å². The van der Waals surface area contributed by atoms with Crippen molar-refractivity contribution in [1.29, 1.82) is 0 Å². The van der Waals surface area contributed by atoms with E-state index in [9.17, 15) is 24.3 Å². The Bertz CT molecular complexity index is 1330. The number of aliphatic hydroxyl groups excluding tert-OH is 1. The highest BCUT2D eigenvalue weighted by molar-refractivity contribution is 5.88. The highest BCUT2D eigenvalue weighted by Crippen LogP contribution is 2.86. The number of hydrogen-bond acceptors (Lipinski definition) is 8. The van der Waals surface area contributed by atoms with Gasteiger partial charge in [-0.2, -0.15) is 0 Å². The number of rotatable bonds is 5. The SMILES string of the molecule is C=C1C(OC(=O)C=Cc2ccccc2)CCC2(C)C(OC(C)=O)C(OC(C)=O)C34C(C)C(=O)CC(C(O)C123)C4(C)C. The van der Waals surface area contributed by atoms with Crippen LogP contribution in [0.4, 0.5) is 0 Å². The standard InChI is InChI=1S/C33H40O8/c1-18-24(36)17-23-27(38)32-19(2)25(41-26(37)14-13-22-11-9-8-10-12-22)15-16-31(32,7)28(39-20(3)34)29(40-21(4)35)33(18,32)30(23,5)6/h8-14,18,23,25,27-29,38H,2,15-17H2,1,3-7H3. The molecule has 0 amide bonds. The van der Waals surface area contributed by atoms with Crippen LogP contribution in [0.3, 0.4) is 0 Å². The van der Waals surface area contributed by atoms with Crippen LogP contribution in [0.15, 0.2) is 48.6 Å². The molecule has 1 aromatic rings. The van der Waals surface area contributed by atoms with E-state index in [-0.39, 0.29) is 12.2 Å². The Balaban J connectivity index is 1.67. The van der Waals surface area contributed by atoms with E-state index in [0.29, 0.717) is 18.4 Å². The Morgan fingerprint density at radius 3 is 2.22 bits per heavy atom. The second kappa shape index (κ2) is 9.65. The third-order valence-electron chi connectivity index (χ3n) is 11.2. The fraction of sp³-hybridized carbons (Fsp3) is 0.576. The van der Waals surface area contributed by atoms with Crippen molar-refractivity contribution in [1.82, 2.24) is 0 Å². The normalized spacial score (nSPS) is 40.6. The fourth-order valence-electron chi connectivity index (χ4n) is 9.88. The average molecular weight is 565 g/mol. The average Bonchev–Trinajstić information content (AvgIpc) is 3.14. The molecular formula is C33H40O8. The number of esters is 3. The largest absolute Gasteiger partial charge is 0.458 e. The van der Waals surface area contributed by atoms with Crippen LogP contribution >= 0.6 is 0 Å². The first kappa shape index (κ1) is 29.2. The van der Waals surface area contributed by atoms with Gasteiger partial charge in [0.25, 0.3) is 0 Å². The number of benzene rings is 1. The summed E-state index contributed by atoms with van der Waals surface area (Å²) in [5, 5.41) is 12.4. The second-order valence-corrected chi connectivity index (χ2v) is 13.1. The summed E-state index contributed by atoms with van der Waals surface area (Å²) in [5.74, 6) is -2.86. The molecule has 41 heavy (non-hydrogen) atoms. The third kappa shape index (κ3) is 3.62. The summed E-state index contributed by atoms with van der Waals surface area (Å²) in [7, 11) is 0. The van der Waals surface area contributed by atoms with Gasteiger partial charge in [0.05, 0.1) is 6.10 Å². The predicted molar refractivity (Wildman–Crippen MR) is 150 cm³/mol. The number of carbonyl (C=O) groups excluding carboxylic acids is 4. The van der Waals surface area contributed by atoms with Crippen molar-refractivity contribution in [3.05, 3.63) is 54.1 Å². The van der Waals surface area contributed by atoms with Gasteiger partial charge in [-0.3, -0.25) is 14.4 Å². The zero-order valence-corrected chi connectivity index (χ0v) is 24.6. The number of ether oxygens (including phenoxy) is 3. The van der Waals surface area contributed by atoms with Gasteiger partial charge >= 0.3 is 17.9 Å². The lowest BCUT2D eigenvalue weighted by molar-refractivity contribution is -0.194. The van der Waals surface area contributed by atoms with Gasteiger partial charge in [-0.25, -0.2) is 4.79 Å². The van der Waals surface area contributed by atoms with E-state index in [2.05, 4.69) is 6.58 Å². The van der Waals surface area contributed by atoms with E-state index in [1.54, 1.807) is 6.08 Å². The topological polar surface area (TPSA) is 116 Å².